The summed E-state index contributed by atoms with van der Waals surface area (Å²) in [6, 6.07) is 12.8. The zero-order valence-corrected chi connectivity index (χ0v) is 16.4. The Bertz CT molecular complexity index is 966. The lowest BCUT2D eigenvalue weighted by Crippen LogP contribution is -2.30. The van der Waals surface area contributed by atoms with Crippen molar-refractivity contribution in [1.82, 2.24) is 15.5 Å². The Morgan fingerprint density at radius 1 is 1.11 bits per heavy atom. The van der Waals surface area contributed by atoms with Crippen molar-refractivity contribution in [1.29, 1.82) is 0 Å². The van der Waals surface area contributed by atoms with Crippen molar-refractivity contribution in [3.05, 3.63) is 59.5 Å². The SMILES string of the molecule is COc1ccc(Cc2nc(-c3cccc(C(=O)NC(C)C)c3)no2)cc1OC. The maximum absolute atomic E-state index is 12.2. The lowest BCUT2D eigenvalue weighted by atomic mass is 10.1. The number of hydrogen-bond acceptors (Lipinski definition) is 6. The number of nitrogens with one attached hydrogen (secondary N) is 1. The fourth-order valence-electron chi connectivity index (χ4n) is 2.75. The smallest absolute Gasteiger partial charge is 0.251 e. The van der Waals surface area contributed by atoms with E-state index in [0.717, 1.165) is 11.1 Å². The Morgan fingerprint density at radius 3 is 2.61 bits per heavy atom. The van der Waals surface area contributed by atoms with Gasteiger partial charge in [0.05, 0.1) is 20.6 Å². The Morgan fingerprint density at radius 2 is 1.89 bits per heavy atom. The molecule has 1 aromatic heterocycles. The van der Waals surface area contributed by atoms with Crippen LogP contribution in [0, 0.1) is 0 Å². The van der Waals surface area contributed by atoms with Gasteiger partial charge in [0.25, 0.3) is 5.91 Å². The third-order valence-electron chi connectivity index (χ3n) is 4.07. The molecule has 7 heteroatoms. The minimum absolute atomic E-state index is 0.0643. The van der Waals surface area contributed by atoms with Crippen LogP contribution in [0.4, 0.5) is 0 Å². The minimum atomic E-state index is -0.133. The number of aromatic nitrogens is 2. The molecule has 1 heterocycles. The topological polar surface area (TPSA) is 86.5 Å². The molecule has 0 aliphatic carbocycles. The van der Waals surface area contributed by atoms with Crippen LogP contribution < -0.4 is 14.8 Å². The molecule has 0 aliphatic rings. The number of benzene rings is 2. The highest BCUT2D eigenvalue weighted by atomic mass is 16.5. The molecule has 0 radical (unpaired) electrons. The molecule has 0 aliphatic heterocycles. The lowest BCUT2D eigenvalue weighted by Gasteiger charge is -2.08. The summed E-state index contributed by atoms with van der Waals surface area (Å²) < 4.78 is 16.0. The van der Waals surface area contributed by atoms with E-state index in [-0.39, 0.29) is 11.9 Å². The number of carbonyl (C=O) groups excluding carboxylic acids is 1. The quantitative estimate of drug-likeness (QED) is 0.674. The molecule has 146 valence electrons. The van der Waals surface area contributed by atoms with Crippen LogP contribution in [-0.2, 0) is 6.42 Å². The number of ether oxygens (including phenoxy) is 2. The second-order valence-electron chi connectivity index (χ2n) is 6.59. The van der Waals surface area contributed by atoms with Crippen molar-refractivity contribution < 1.29 is 18.8 Å². The van der Waals surface area contributed by atoms with Gasteiger partial charge in [-0.25, -0.2) is 0 Å². The lowest BCUT2D eigenvalue weighted by molar-refractivity contribution is 0.0943. The van der Waals surface area contributed by atoms with Crippen molar-refractivity contribution >= 4 is 5.91 Å². The van der Waals surface area contributed by atoms with Gasteiger partial charge >= 0.3 is 0 Å². The zero-order chi connectivity index (χ0) is 20.1. The summed E-state index contributed by atoms with van der Waals surface area (Å²) in [6.45, 7) is 3.84. The summed E-state index contributed by atoms with van der Waals surface area (Å²) in [7, 11) is 3.19. The average molecular weight is 381 g/mol. The summed E-state index contributed by atoms with van der Waals surface area (Å²) in [5.74, 6) is 2.08. The third-order valence-corrected chi connectivity index (χ3v) is 4.07. The van der Waals surface area contributed by atoms with Crippen LogP contribution in [0.5, 0.6) is 11.5 Å². The molecule has 2 aromatic carbocycles. The van der Waals surface area contributed by atoms with E-state index in [9.17, 15) is 4.79 Å². The molecule has 0 saturated carbocycles. The second-order valence-corrected chi connectivity index (χ2v) is 6.59. The highest BCUT2D eigenvalue weighted by molar-refractivity contribution is 5.95. The van der Waals surface area contributed by atoms with Crippen LogP contribution in [0.3, 0.4) is 0 Å². The molecule has 28 heavy (non-hydrogen) atoms. The van der Waals surface area contributed by atoms with Gasteiger partial charge in [-0.05, 0) is 43.7 Å². The third kappa shape index (κ3) is 4.49. The van der Waals surface area contributed by atoms with Gasteiger partial charge in [-0.1, -0.05) is 23.4 Å². The maximum atomic E-state index is 12.2. The van der Waals surface area contributed by atoms with E-state index in [0.29, 0.717) is 35.2 Å². The average Bonchev–Trinajstić information content (AvgIpc) is 3.16. The van der Waals surface area contributed by atoms with Gasteiger partial charge in [0.2, 0.25) is 11.7 Å². The fourth-order valence-corrected chi connectivity index (χ4v) is 2.75. The van der Waals surface area contributed by atoms with Crippen LogP contribution in [0.2, 0.25) is 0 Å². The standard InChI is InChI=1S/C21H23N3O4/c1-13(2)22-21(25)16-7-5-6-15(12-16)20-23-19(28-24-20)11-14-8-9-17(26-3)18(10-14)27-4/h5-10,12-13H,11H2,1-4H3,(H,22,25). The first-order valence-electron chi connectivity index (χ1n) is 8.95. The van der Waals surface area contributed by atoms with Gasteiger partial charge in [0.15, 0.2) is 11.5 Å². The fraction of sp³-hybridized carbons (Fsp3) is 0.286. The number of nitrogens with zero attached hydrogens (tertiary/aromatic N) is 2. The van der Waals surface area contributed by atoms with E-state index in [1.54, 1.807) is 32.4 Å². The number of rotatable bonds is 7. The highest BCUT2D eigenvalue weighted by Gasteiger charge is 2.13. The van der Waals surface area contributed by atoms with E-state index in [1.807, 2.05) is 38.1 Å². The first-order chi connectivity index (χ1) is 13.5. The molecule has 0 unspecified atom stereocenters. The second kappa shape index (κ2) is 8.56. The number of amides is 1. The van der Waals surface area contributed by atoms with Gasteiger partial charge < -0.3 is 19.3 Å². The molecule has 1 amide bonds. The van der Waals surface area contributed by atoms with Gasteiger partial charge in [-0.3, -0.25) is 4.79 Å². The molecule has 1 N–H and O–H groups in total. The van der Waals surface area contributed by atoms with Gasteiger partial charge in [0.1, 0.15) is 0 Å². The number of carbonyl (C=O) groups is 1. The van der Waals surface area contributed by atoms with E-state index in [2.05, 4.69) is 15.5 Å². The molecule has 0 fully saturated rings. The van der Waals surface area contributed by atoms with E-state index >= 15 is 0 Å². The van der Waals surface area contributed by atoms with E-state index in [4.69, 9.17) is 14.0 Å². The van der Waals surface area contributed by atoms with Gasteiger partial charge in [-0.2, -0.15) is 4.98 Å². The van der Waals surface area contributed by atoms with Crippen LogP contribution >= 0.6 is 0 Å². The van der Waals surface area contributed by atoms with E-state index in [1.165, 1.54) is 0 Å². The number of methoxy groups -OCH3 is 2. The monoisotopic (exact) mass is 381 g/mol. The molecule has 3 aromatic rings. The maximum Gasteiger partial charge on any atom is 0.251 e. The van der Waals surface area contributed by atoms with Gasteiger partial charge in [-0.15, -0.1) is 0 Å². The first-order valence-corrected chi connectivity index (χ1v) is 8.95. The normalized spacial score (nSPS) is 10.8. The van der Waals surface area contributed by atoms with Crippen molar-refractivity contribution in [3.63, 3.8) is 0 Å². The van der Waals surface area contributed by atoms with Crippen LogP contribution in [0.1, 0.15) is 35.7 Å². The van der Waals surface area contributed by atoms with Crippen molar-refractivity contribution in [2.75, 3.05) is 14.2 Å². The molecule has 0 saturated heterocycles. The molecular weight excluding hydrogens is 358 g/mol. The van der Waals surface area contributed by atoms with Gasteiger partial charge in [0, 0.05) is 17.2 Å². The Kier molecular flexibility index (Phi) is 5.93. The largest absolute Gasteiger partial charge is 0.493 e. The predicted molar refractivity (Wildman–Crippen MR) is 105 cm³/mol. The van der Waals surface area contributed by atoms with Crippen LogP contribution in [-0.4, -0.2) is 36.3 Å². The first kappa shape index (κ1) is 19.4. The summed E-state index contributed by atoms with van der Waals surface area (Å²) >= 11 is 0. The highest BCUT2D eigenvalue weighted by Crippen LogP contribution is 2.28. The summed E-state index contributed by atoms with van der Waals surface area (Å²) in [5.41, 5.74) is 2.23. The summed E-state index contributed by atoms with van der Waals surface area (Å²) in [6.07, 6.45) is 0.459. The Hall–Kier alpha value is -3.35. The molecule has 0 bridgehead atoms. The molecule has 0 atom stereocenters. The van der Waals surface area contributed by atoms with Crippen LogP contribution in [0.15, 0.2) is 47.0 Å². The summed E-state index contributed by atoms with van der Waals surface area (Å²) in [5, 5.41) is 6.92. The van der Waals surface area contributed by atoms with Crippen molar-refractivity contribution in [2.45, 2.75) is 26.3 Å². The molecule has 0 spiro atoms. The predicted octanol–water partition coefficient (Wildman–Crippen LogP) is 3.48. The Labute approximate surface area is 163 Å². The minimum Gasteiger partial charge on any atom is -0.493 e. The van der Waals surface area contributed by atoms with E-state index < -0.39 is 0 Å². The molecular formula is C21H23N3O4. The molecule has 7 nitrogen and oxygen atoms in total. The Balaban J connectivity index is 1.78. The van der Waals surface area contributed by atoms with Crippen molar-refractivity contribution in [2.24, 2.45) is 0 Å². The zero-order valence-electron chi connectivity index (χ0n) is 16.4. The molecule has 3 rings (SSSR count). The number of hydrogen-bond donors (Lipinski definition) is 1. The van der Waals surface area contributed by atoms with Crippen LogP contribution in [0.25, 0.3) is 11.4 Å². The van der Waals surface area contributed by atoms with Crippen molar-refractivity contribution in [3.8, 4) is 22.9 Å². The summed E-state index contributed by atoms with van der Waals surface area (Å²) in [4.78, 5) is 16.7.